The lowest BCUT2D eigenvalue weighted by molar-refractivity contribution is -0.387. The normalized spacial score (nSPS) is 26.7. The topological polar surface area (TPSA) is 150 Å². The van der Waals surface area contributed by atoms with Gasteiger partial charge >= 0.3 is 5.97 Å². The fourth-order valence-corrected chi connectivity index (χ4v) is 6.99. The van der Waals surface area contributed by atoms with Gasteiger partial charge in [-0.2, -0.15) is 4.31 Å². The molecule has 0 amide bonds. The highest BCUT2D eigenvalue weighted by Gasteiger charge is 2.56. The minimum absolute atomic E-state index is 0.00269. The van der Waals surface area contributed by atoms with Crippen molar-refractivity contribution in [1.82, 2.24) is 4.31 Å². The summed E-state index contributed by atoms with van der Waals surface area (Å²) in [7, 11) is -3.21. The van der Waals surface area contributed by atoms with Crippen molar-refractivity contribution in [2.75, 3.05) is 13.7 Å². The number of ether oxygens (including phenoxy) is 2. The number of carbonyl (C=O) groups excluding carboxylic acids is 3. The Labute approximate surface area is 227 Å². The second kappa shape index (κ2) is 12.4. The zero-order chi connectivity index (χ0) is 28.8. The number of ketones is 1. The van der Waals surface area contributed by atoms with Gasteiger partial charge in [0.25, 0.3) is 5.69 Å². The van der Waals surface area contributed by atoms with Crippen LogP contribution in [0.2, 0.25) is 0 Å². The van der Waals surface area contributed by atoms with E-state index in [0.29, 0.717) is 25.5 Å². The van der Waals surface area contributed by atoms with E-state index in [2.05, 4.69) is 5.92 Å². The zero-order valence-corrected chi connectivity index (χ0v) is 22.5. The summed E-state index contributed by atoms with van der Waals surface area (Å²) in [5.74, 6) is -0.0907. The maximum Gasteiger partial charge on any atom is 0.303 e. The fourth-order valence-electron chi connectivity index (χ4n) is 5.21. The van der Waals surface area contributed by atoms with Crippen molar-refractivity contribution >= 4 is 33.7 Å². The Kier molecular flexibility index (Phi) is 9.42. The number of allylic oxidation sites excluding steroid dienone is 2. The van der Waals surface area contributed by atoms with E-state index in [1.807, 2.05) is 0 Å². The number of benzene rings is 1. The molecule has 0 bridgehead atoms. The minimum atomic E-state index is -4.47. The van der Waals surface area contributed by atoms with E-state index in [0.717, 1.165) is 29.4 Å². The summed E-state index contributed by atoms with van der Waals surface area (Å²) in [6.45, 7) is 1.13. The third-order valence-corrected chi connectivity index (χ3v) is 8.99. The number of hydrogen-bond acceptors (Lipinski definition) is 9. The van der Waals surface area contributed by atoms with Crippen LogP contribution in [0.15, 0.2) is 53.1 Å². The van der Waals surface area contributed by atoms with Crippen LogP contribution >= 0.6 is 0 Å². The number of nitrogens with zero attached hydrogens (tertiary/aromatic N) is 2. The van der Waals surface area contributed by atoms with Crippen LogP contribution < -0.4 is 0 Å². The molecule has 0 saturated carbocycles. The summed E-state index contributed by atoms with van der Waals surface area (Å²) in [4.78, 5) is 48.7. The van der Waals surface area contributed by atoms with E-state index in [1.165, 1.54) is 19.2 Å². The number of nitro benzene ring substituents is 1. The molecule has 12 heteroatoms. The Morgan fingerprint density at radius 2 is 2.05 bits per heavy atom. The first-order valence-corrected chi connectivity index (χ1v) is 13.8. The van der Waals surface area contributed by atoms with Crippen LogP contribution in [0, 0.1) is 33.8 Å². The van der Waals surface area contributed by atoms with Gasteiger partial charge in [-0.3, -0.25) is 19.7 Å². The molecule has 1 aromatic rings. The fraction of sp³-hybridized carbons (Fsp3) is 0.444. The molecule has 0 unspecified atom stereocenters. The highest BCUT2D eigenvalue weighted by atomic mass is 32.2. The van der Waals surface area contributed by atoms with Gasteiger partial charge in [-0.15, -0.1) is 12.3 Å². The Balaban J connectivity index is 2.22. The summed E-state index contributed by atoms with van der Waals surface area (Å²) in [5, 5.41) is 11.7. The molecule has 0 aromatic heterocycles. The molecular formula is C27H30N2O9S. The summed E-state index contributed by atoms with van der Waals surface area (Å²) in [6, 6.07) is 3.97. The predicted molar refractivity (Wildman–Crippen MR) is 139 cm³/mol. The maximum atomic E-state index is 14.0. The molecule has 1 aliphatic carbocycles. The second-order valence-corrected chi connectivity index (χ2v) is 11.2. The lowest BCUT2D eigenvalue weighted by Gasteiger charge is -2.45. The van der Waals surface area contributed by atoms with Crippen LogP contribution in [0.5, 0.6) is 0 Å². The largest absolute Gasteiger partial charge is 0.497 e. The molecule has 0 N–H and O–H groups in total. The van der Waals surface area contributed by atoms with E-state index in [-0.39, 0.29) is 25.1 Å². The van der Waals surface area contributed by atoms with Gasteiger partial charge in [0.15, 0.2) is 16.8 Å². The van der Waals surface area contributed by atoms with Crippen LogP contribution in [0.3, 0.4) is 0 Å². The van der Waals surface area contributed by atoms with Gasteiger partial charge in [-0.1, -0.05) is 24.3 Å². The molecular weight excluding hydrogens is 528 g/mol. The molecule has 1 aliphatic heterocycles. The summed E-state index contributed by atoms with van der Waals surface area (Å²) in [5.41, 5.74) is -2.38. The second-order valence-electron chi connectivity index (χ2n) is 9.37. The van der Waals surface area contributed by atoms with Gasteiger partial charge < -0.3 is 14.3 Å². The van der Waals surface area contributed by atoms with Gasteiger partial charge in [0, 0.05) is 44.0 Å². The SMILES string of the molecule is C#CC[C@H]1C(=O)C=C(OC)[C@@H](OC(C)=O)[C@]1(C=O)C[C@@H]1/C=C\CCCCN1S(=O)(=O)c1ccccc1[N+](=O)[O-]. The number of nitro groups is 1. The predicted octanol–water partition coefficient (Wildman–Crippen LogP) is 2.95. The van der Waals surface area contributed by atoms with Crippen molar-refractivity contribution in [1.29, 1.82) is 0 Å². The molecule has 208 valence electrons. The number of terminal acetylenes is 1. The molecule has 0 saturated heterocycles. The molecule has 2 aliphatic rings. The number of rotatable bonds is 9. The van der Waals surface area contributed by atoms with Crippen LogP contribution in [-0.4, -0.2) is 61.5 Å². The van der Waals surface area contributed by atoms with E-state index in [1.54, 1.807) is 12.2 Å². The van der Waals surface area contributed by atoms with E-state index < -0.39 is 60.8 Å². The van der Waals surface area contributed by atoms with Crippen molar-refractivity contribution in [3.8, 4) is 12.3 Å². The Bertz CT molecular complexity index is 1340. The smallest absolute Gasteiger partial charge is 0.303 e. The van der Waals surface area contributed by atoms with Crippen molar-refractivity contribution in [2.24, 2.45) is 11.3 Å². The molecule has 3 rings (SSSR count). The molecule has 1 aromatic carbocycles. The summed E-state index contributed by atoms with van der Waals surface area (Å²) >= 11 is 0. The molecule has 1 heterocycles. The number of carbonyl (C=O) groups is 3. The van der Waals surface area contributed by atoms with Crippen LogP contribution in [0.25, 0.3) is 0 Å². The van der Waals surface area contributed by atoms with Crippen LogP contribution in [0.1, 0.15) is 39.0 Å². The standard InChI is InChI=1S/C27H30N2O9S/c1-4-11-21-23(32)16-24(37-3)26(38-19(2)31)27(21,18-30)17-20-12-7-5-6-10-15-28(20)39(35,36)25-14-9-8-13-22(25)29(33)34/h1,7-9,12-14,16,18,20-21,26H,5-6,10-11,15,17H2,2-3H3/b12-7-/t20-,21-,26+,27-/m0/s1. The quantitative estimate of drug-likeness (QED) is 0.111. The third-order valence-electron chi connectivity index (χ3n) is 7.02. The first kappa shape index (κ1) is 29.7. The average molecular weight is 559 g/mol. The van der Waals surface area contributed by atoms with E-state index >= 15 is 0 Å². The molecule has 0 radical (unpaired) electrons. The molecule has 11 nitrogen and oxygen atoms in total. The summed E-state index contributed by atoms with van der Waals surface area (Å²) in [6.07, 6.45) is 10.4. The van der Waals surface area contributed by atoms with E-state index in [9.17, 15) is 32.9 Å². The number of hydrogen-bond donors (Lipinski definition) is 0. The zero-order valence-electron chi connectivity index (χ0n) is 21.6. The van der Waals surface area contributed by atoms with Crippen molar-refractivity contribution in [3.63, 3.8) is 0 Å². The molecule has 0 spiro atoms. The van der Waals surface area contributed by atoms with Crippen molar-refractivity contribution in [2.45, 2.75) is 56.1 Å². The molecule has 4 atom stereocenters. The van der Waals surface area contributed by atoms with Gasteiger partial charge in [0.1, 0.15) is 12.0 Å². The van der Waals surface area contributed by atoms with Gasteiger partial charge in [-0.05, 0) is 31.7 Å². The monoisotopic (exact) mass is 558 g/mol. The lowest BCUT2D eigenvalue weighted by atomic mass is 9.62. The Morgan fingerprint density at radius 3 is 2.67 bits per heavy atom. The highest BCUT2D eigenvalue weighted by molar-refractivity contribution is 7.89. The average Bonchev–Trinajstić information content (AvgIpc) is 2.88. The van der Waals surface area contributed by atoms with Crippen LogP contribution in [0.4, 0.5) is 5.69 Å². The maximum absolute atomic E-state index is 14.0. The lowest BCUT2D eigenvalue weighted by Crippen LogP contribution is -2.55. The van der Waals surface area contributed by atoms with Crippen molar-refractivity contribution in [3.05, 3.63) is 58.4 Å². The third kappa shape index (κ3) is 5.94. The van der Waals surface area contributed by atoms with Crippen LogP contribution in [-0.2, 0) is 33.9 Å². The number of methoxy groups -OCH3 is 1. The number of sulfonamides is 1. The Morgan fingerprint density at radius 1 is 1.33 bits per heavy atom. The van der Waals surface area contributed by atoms with Crippen molar-refractivity contribution < 1.29 is 37.2 Å². The molecule has 39 heavy (non-hydrogen) atoms. The molecule has 0 fully saturated rings. The van der Waals surface area contributed by atoms with E-state index in [4.69, 9.17) is 15.9 Å². The van der Waals surface area contributed by atoms with Gasteiger partial charge in [-0.25, -0.2) is 8.42 Å². The minimum Gasteiger partial charge on any atom is -0.497 e. The Hall–Kier alpha value is -3.82. The number of para-hydroxylation sites is 1. The number of esters is 1. The first-order valence-electron chi connectivity index (χ1n) is 12.3. The first-order chi connectivity index (χ1) is 18.5. The number of aldehydes is 1. The van der Waals surface area contributed by atoms with Gasteiger partial charge in [0.05, 0.1) is 17.4 Å². The highest BCUT2D eigenvalue weighted by Crippen LogP contribution is 2.47. The van der Waals surface area contributed by atoms with Gasteiger partial charge in [0.2, 0.25) is 10.0 Å². The summed E-state index contributed by atoms with van der Waals surface area (Å²) < 4.78 is 39.8.